The molecule has 1 nitrogen and oxygen atoms in total. The summed E-state index contributed by atoms with van der Waals surface area (Å²) in [6.45, 7) is 1.37. The quantitative estimate of drug-likeness (QED) is 0.800. The normalized spacial score (nSPS) is 15.9. The van der Waals surface area contributed by atoms with Crippen LogP contribution in [0.15, 0.2) is 24.3 Å². The molecule has 1 atom stereocenters. The molecule has 0 bridgehead atoms. The third-order valence-electron chi connectivity index (χ3n) is 2.45. The zero-order chi connectivity index (χ0) is 12.4. The average molecular weight is 235 g/mol. The van der Waals surface area contributed by atoms with Crippen molar-refractivity contribution in [1.82, 2.24) is 0 Å². The van der Waals surface area contributed by atoms with Crippen molar-refractivity contribution in [2.45, 2.75) is 25.2 Å². The standard InChI is InChI=1S/C11H13F4N/c1-8-2-4-9(5-3-8)10(12,6-7-16)11(13,14)15/h2-5H,6-7,16H2,1H3. The molecule has 1 unspecified atom stereocenters. The number of benzene rings is 1. The smallest absolute Gasteiger partial charge is 0.330 e. The van der Waals surface area contributed by atoms with Crippen molar-refractivity contribution in [2.24, 2.45) is 5.73 Å². The number of halogens is 4. The van der Waals surface area contributed by atoms with E-state index in [2.05, 4.69) is 0 Å². The summed E-state index contributed by atoms with van der Waals surface area (Å²) in [7, 11) is 0. The van der Waals surface area contributed by atoms with Gasteiger partial charge in [0.2, 0.25) is 5.67 Å². The summed E-state index contributed by atoms with van der Waals surface area (Å²) >= 11 is 0. The van der Waals surface area contributed by atoms with Crippen LogP contribution in [0, 0.1) is 6.92 Å². The van der Waals surface area contributed by atoms with Crippen molar-refractivity contribution in [3.05, 3.63) is 35.4 Å². The monoisotopic (exact) mass is 235 g/mol. The summed E-state index contributed by atoms with van der Waals surface area (Å²) in [6.07, 6.45) is -5.71. The van der Waals surface area contributed by atoms with E-state index in [0.717, 1.165) is 17.7 Å². The molecular formula is C11H13F4N. The summed E-state index contributed by atoms with van der Waals surface area (Å²) in [5.41, 5.74) is 2.07. The van der Waals surface area contributed by atoms with Crippen LogP contribution in [-0.4, -0.2) is 12.7 Å². The van der Waals surface area contributed by atoms with Gasteiger partial charge in [0.25, 0.3) is 0 Å². The molecule has 0 amide bonds. The fraction of sp³-hybridized carbons (Fsp3) is 0.455. The first-order valence-corrected chi connectivity index (χ1v) is 4.84. The number of hydrogen-bond acceptors (Lipinski definition) is 1. The van der Waals surface area contributed by atoms with Crippen molar-refractivity contribution in [1.29, 1.82) is 0 Å². The summed E-state index contributed by atoms with van der Waals surface area (Å²) in [5, 5.41) is 0. The lowest BCUT2D eigenvalue weighted by atomic mass is 9.91. The third-order valence-corrected chi connectivity index (χ3v) is 2.45. The lowest BCUT2D eigenvalue weighted by Gasteiger charge is -2.28. The minimum Gasteiger partial charge on any atom is -0.330 e. The van der Waals surface area contributed by atoms with E-state index < -0.39 is 23.8 Å². The van der Waals surface area contributed by atoms with Gasteiger partial charge in [-0.05, 0) is 19.0 Å². The molecule has 0 radical (unpaired) electrons. The van der Waals surface area contributed by atoms with Gasteiger partial charge in [-0.15, -0.1) is 0 Å². The maximum Gasteiger partial charge on any atom is 0.426 e. The molecule has 0 aliphatic rings. The number of alkyl halides is 4. The highest BCUT2D eigenvalue weighted by Crippen LogP contribution is 2.44. The van der Waals surface area contributed by atoms with Gasteiger partial charge in [0.05, 0.1) is 0 Å². The second-order valence-corrected chi connectivity index (χ2v) is 3.70. The SMILES string of the molecule is Cc1ccc(C(F)(CCN)C(F)(F)F)cc1. The fourth-order valence-corrected chi connectivity index (χ4v) is 1.47. The molecule has 0 fully saturated rings. The van der Waals surface area contributed by atoms with Crippen molar-refractivity contribution in [2.75, 3.05) is 6.54 Å². The first-order valence-electron chi connectivity index (χ1n) is 4.84. The van der Waals surface area contributed by atoms with Gasteiger partial charge in [0, 0.05) is 6.42 Å². The Hall–Kier alpha value is -1.10. The molecule has 90 valence electrons. The molecule has 16 heavy (non-hydrogen) atoms. The molecular weight excluding hydrogens is 222 g/mol. The van der Waals surface area contributed by atoms with Crippen LogP contribution in [0.1, 0.15) is 17.5 Å². The van der Waals surface area contributed by atoms with Gasteiger partial charge >= 0.3 is 6.18 Å². The number of rotatable bonds is 3. The Morgan fingerprint density at radius 2 is 1.56 bits per heavy atom. The largest absolute Gasteiger partial charge is 0.426 e. The van der Waals surface area contributed by atoms with Gasteiger partial charge in [0.1, 0.15) is 0 Å². The van der Waals surface area contributed by atoms with Gasteiger partial charge in [-0.3, -0.25) is 0 Å². The number of nitrogens with two attached hydrogens (primary N) is 1. The molecule has 1 aromatic carbocycles. The van der Waals surface area contributed by atoms with E-state index in [0.29, 0.717) is 0 Å². The van der Waals surface area contributed by atoms with E-state index in [1.54, 1.807) is 6.92 Å². The molecule has 0 aromatic heterocycles. The predicted molar refractivity (Wildman–Crippen MR) is 53.7 cm³/mol. The molecule has 0 heterocycles. The van der Waals surface area contributed by atoms with Crippen molar-refractivity contribution in [3.63, 3.8) is 0 Å². The zero-order valence-corrected chi connectivity index (χ0v) is 8.81. The van der Waals surface area contributed by atoms with Crippen LogP contribution in [-0.2, 0) is 5.67 Å². The lowest BCUT2D eigenvalue weighted by molar-refractivity contribution is -0.237. The Morgan fingerprint density at radius 1 is 1.06 bits per heavy atom. The Morgan fingerprint density at radius 3 is 1.94 bits per heavy atom. The molecule has 2 N–H and O–H groups in total. The number of aryl methyl sites for hydroxylation is 1. The minimum absolute atomic E-state index is 0.357. The molecule has 0 aliphatic heterocycles. The van der Waals surface area contributed by atoms with Crippen LogP contribution in [0.3, 0.4) is 0 Å². The Balaban J connectivity index is 3.16. The lowest BCUT2D eigenvalue weighted by Crippen LogP contribution is -2.39. The van der Waals surface area contributed by atoms with Crippen LogP contribution >= 0.6 is 0 Å². The maximum absolute atomic E-state index is 14.0. The predicted octanol–water partition coefficient (Wildman–Crippen LogP) is 3.07. The summed E-state index contributed by atoms with van der Waals surface area (Å²) < 4.78 is 51.9. The Kier molecular flexibility index (Phi) is 3.57. The van der Waals surface area contributed by atoms with Crippen molar-refractivity contribution in [3.8, 4) is 0 Å². The highest BCUT2D eigenvalue weighted by atomic mass is 19.4. The van der Waals surface area contributed by atoms with Crippen LogP contribution in [0.2, 0.25) is 0 Å². The van der Waals surface area contributed by atoms with E-state index >= 15 is 0 Å². The second-order valence-electron chi connectivity index (χ2n) is 3.70. The molecule has 0 spiro atoms. The second kappa shape index (κ2) is 4.41. The summed E-state index contributed by atoms with van der Waals surface area (Å²) in [4.78, 5) is 0. The van der Waals surface area contributed by atoms with Gasteiger partial charge < -0.3 is 5.73 Å². The fourth-order valence-electron chi connectivity index (χ4n) is 1.47. The minimum atomic E-state index is -4.94. The molecule has 0 aliphatic carbocycles. The molecule has 0 saturated heterocycles. The van der Waals surface area contributed by atoms with Gasteiger partial charge in [-0.1, -0.05) is 29.8 Å². The molecule has 0 saturated carbocycles. The van der Waals surface area contributed by atoms with E-state index in [4.69, 9.17) is 5.73 Å². The van der Waals surface area contributed by atoms with E-state index in [-0.39, 0.29) is 6.54 Å². The van der Waals surface area contributed by atoms with E-state index in [1.165, 1.54) is 12.1 Å². The summed E-state index contributed by atoms with van der Waals surface area (Å²) in [6, 6.07) is 5.20. The highest BCUT2D eigenvalue weighted by Gasteiger charge is 2.56. The third kappa shape index (κ3) is 2.35. The topological polar surface area (TPSA) is 26.0 Å². The maximum atomic E-state index is 14.0. The highest BCUT2D eigenvalue weighted by molar-refractivity contribution is 5.28. The van der Waals surface area contributed by atoms with Gasteiger partial charge in [-0.25, -0.2) is 4.39 Å². The van der Waals surface area contributed by atoms with E-state index in [1.807, 2.05) is 0 Å². The average Bonchev–Trinajstić information content (AvgIpc) is 2.17. The van der Waals surface area contributed by atoms with Crippen LogP contribution < -0.4 is 5.73 Å². The first-order chi connectivity index (χ1) is 7.31. The zero-order valence-electron chi connectivity index (χ0n) is 8.81. The van der Waals surface area contributed by atoms with Gasteiger partial charge in [-0.2, -0.15) is 13.2 Å². The molecule has 5 heteroatoms. The Bertz CT molecular complexity index is 344. The molecule has 1 aromatic rings. The molecule has 1 rings (SSSR count). The van der Waals surface area contributed by atoms with Crippen LogP contribution in [0.5, 0.6) is 0 Å². The van der Waals surface area contributed by atoms with E-state index in [9.17, 15) is 17.6 Å². The van der Waals surface area contributed by atoms with Crippen LogP contribution in [0.4, 0.5) is 17.6 Å². The number of hydrogen-bond donors (Lipinski definition) is 1. The summed E-state index contributed by atoms with van der Waals surface area (Å²) in [5.74, 6) is 0. The van der Waals surface area contributed by atoms with Gasteiger partial charge in [0.15, 0.2) is 0 Å². The first kappa shape index (κ1) is 13.0. The van der Waals surface area contributed by atoms with Crippen molar-refractivity contribution >= 4 is 0 Å². The van der Waals surface area contributed by atoms with Crippen LogP contribution in [0.25, 0.3) is 0 Å². The van der Waals surface area contributed by atoms with Crippen molar-refractivity contribution < 1.29 is 17.6 Å². The Labute approximate surface area is 91.3 Å².